The average molecular weight is 363 g/mol. The Bertz CT molecular complexity index is 967. The van der Waals surface area contributed by atoms with E-state index in [1.807, 2.05) is 30.3 Å². The summed E-state index contributed by atoms with van der Waals surface area (Å²) in [5.41, 5.74) is 2.95. The van der Waals surface area contributed by atoms with Crippen LogP contribution in [0.3, 0.4) is 0 Å². The van der Waals surface area contributed by atoms with E-state index in [9.17, 15) is 15.2 Å². The van der Waals surface area contributed by atoms with Crippen LogP contribution in [0, 0.1) is 10.1 Å². The van der Waals surface area contributed by atoms with E-state index in [0.717, 1.165) is 36.3 Å². The number of hydrogen-bond donors (Lipinski definition) is 1. The van der Waals surface area contributed by atoms with Crippen molar-refractivity contribution in [1.29, 1.82) is 0 Å². The molecule has 27 heavy (non-hydrogen) atoms. The summed E-state index contributed by atoms with van der Waals surface area (Å²) in [6.07, 6.45) is 3.03. The van der Waals surface area contributed by atoms with Crippen molar-refractivity contribution in [3.05, 3.63) is 93.8 Å². The van der Waals surface area contributed by atoms with Crippen LogP contribution < -0.4 is 0 Å². The number of aromatic nitrogens is 1. The Morgan fingerprint density at radius 3 is 2.74 bits per heavy atom. The third-order valence-corrected chi connectivity index (χ3v) is 5.12. The Hall–Kier alpha value is -3.12. The maximum atomic E-state index is 11.3. The first-order chi connectivity index (χ1) is 13.1. The van der Waals surface area contributed by atoms with Crippen LogP contribution in [-0.2, 0) is 13.1 Å². The number of non-ortho nitro benzene ring substituents is 1. The average Bonchev–Trinajstić information content (AvgIpc) is 3.05. The molecule has 1 N–H and O–H groups in total. The van der Waals surface area contributed by atoms with E-state index in [0.29, 0.717) is 6.54 Å². The minimum absolute atomic E-state index is 0.0948. The maximum Gasteiger partial charge on any atom is 0.269 e. The Balaban J connectivity index is 1.78. The molecule has 6 nitrogen and oxygen atoms in total. The molecule has 6 heteroatoms. The zero-order chi connectivity index (χ0) is 18.8. The summed E-state index contributed by atoms with van der Waals surface area (Å²) >= 11 is 0. The molecule has 0 saturated heterocycles. The Kier molecular flexibility index (Phi) is 4.64. The topological polar surface area (TPSA) is 71.5 Å². The SMILES string of the molecule is O=[N+]([O-])c1cccc([C@H]2c3cccn3CCCN2Cc2ccccc2O)c1. The van der Waals surface area contributed by atoms with Crippen LogP contribution in [0.25, 0.3) is 0 Å². The van der Waals surface area contributed by atoms with Crippen molar-refractivity contribution in [3.8, 4) is 5.75 Å². The van der Waals surface area contributed by atoms with Gasteiger partial charge in [-0.25, -0.2) is 0 Å². The van der Waals surface area contributed by atoms with Crippen molar-refractivity contribution < 1.29 is 10.0 Å². The summed E-state index contributed by atoms with van der Waals surface area (Å²) in [5, 5.41) is 21.5. The molecule has 0 bridgehead atoms. The number of nitrogens with zero attached hydrogens (tertiary/aromatic N) is 3. The molecule has 1 aliphatic rings. The van der Waals surface area contributed by atoms with E-state index in [1.54, 1.807) is 18.2 Å². The fraction of sp³-hybridized carbons (Fsp3) is 0.238. The van der Waals surface area contributed by atoms with Crippen LogP contribution in [0.5, 0.6) is 5.75 Å². The first kappa shape index (κ1) is 17.3. The molecule has 1 atom stereocenters. The molecule has 0 fully saturated rings. The molecule has 1 aliphatic heterocycles. The molecule has 2 aromatic carbocycles. The van der Waals surface area contributed by atoms with E-state index in [2.05, 4.69) is 21.7 Å². The largest absolute Gasteiger partial charge is 0.508 e. The van der Waals surface area contributed by atoms with Gasteiger partial charge in [0.1, 0.15) is 5.75 Å². The molecular weight excluding hydrogens is 342 g/mol. The van der Waals surface area contributed by atoms with Gasteiger partial charge in [0.25, 0.3) is 5.69 Å². The zero-order valence-corrected chi connectivity index (χ0v) is 14.9. The van der Waals surface area contributed by atoms with Gasteiger partial charge in [0.05, 0.1) is 11.0 Å². The van der Waals surface area contributed by atoms with Gasteiger partial charge in [-0.1, -0.05) is 30.3 Å². The molecule has 4 rings (SSSR count). The molecule has 0 spiro atoms. The Morgan fingerprint density at radius 1 is 1.07 bits per heavy atom. The lowest BCUT2D eigenvalue weighted by Crippen LogP contribution is -2.29. The normalized spacial score (nSPS) is 17.3. The Morgan fingerprint density at radius 2 is 1.93 bits per heavy atom. The molecule has 0 radical (unpaired) electrons. The van der Waals surface area contributed by atoms with Gasteiger partial charge in [-0.05, 0) is 30.2 Å². The van der Waals surface area contributed by atoms with Crippen LogP contribution in [0.2, 0.25) is 0 Å². The number of phenols is 1. The van der Waals surface area contributed by atoms with Gasteiger partial charge >= 0.3 is 0 Å². The predicted molar refractivity (Wildman–Crippen MR) is 103 cm³/mol. The number of phenolic OH excluding ortho intramolecular Hbond substituents is 1. The van der Waals surface area contributed by atoms with Gasteiger partial charge < -0.3 is 9.67 Å². The molecule has 2 heterocycles. The summed E-state index contributed by atoms with van der Waals surface area (Å²) in [6, 6.07) is 18.2. The number of fused-ring (bicyclic) bond motifs is 1. The summed E-state index contributed by atoms with van der Waals surface area (Å²) in [6.45, 7) is 2.32. The van der Waals surface area contributed by atoms with E-state index in [-0.39, 0.29) is 22.4 Å². The summed E-state index contributed by atoms with van der Waals surface area (Å²) in [5.74, 6) is 0.273. The summed E-state index contributed by atoms with van der Waals surface area (Å²) in [4.78, 5) is 13.2. The lowest BCUT2D eigenvalue weighted by molar-refractivity contribution is -0.384. The van der Waals surface area contributed by atoms with Crippen molar-refractivity contribution in [3.63, 3.8) is 0 Å². The second-order valence-corrected chi connectivity index (χ2v) is 6.83. The minimum Gasteiger partial charge on any atom is -0.508 e. The molecule has 0 aliphatic carbocycles. The summed E-state index contributed by atoms with van der Waals surface area (Å²) in [7, 11) is 0. The molecule has 0 saturated carbocycles. The second-order valence-electron chi connectivity index (χ2n) is 6.83. The van der Waals surface area contributed by atoms with Crippen molar-refractivity contribution >= 4 is 5.69 Å². The molecular formula is C21H21N3O3. The highest BCUT2D eigenvalue weighted by atomic mass is 16.6. The van der Waals surface area contributed by atoms with Gasteiger partial charge in [-0.2, -0.15) is 0 Å². The lowest BCUT2D eigenvalue weighted by atomic mass is 10.0. The Labute approximate surface area is 157 Å². The third kappa shape index (κ3) is 3.44. The number of hydrogen-bond acceptors (Lipinski definition) is 4. The molecule has 138 valence electrons. The van der Waals surface area contributed by atoms with Gasteiger partial charge in [-0.15, -0.1) is 0 Å². The minimum atomic E-state index is -0.355. The van der Waals surface area contributed by atoms with Crippen molar-refractivity contribution in [2.24, 2.45) is 0 Å². The fourth-order valence-corrected chi connectivity index (χ4v) is 3.86. The number of rotatable bonds is 4. The number of benzene rings is 2. The highest BCUT2D eigenvalue weighted by molar-refractivity contribution is 5.40. The highest BCUT2D eigenvalue weighted by Gasteiger charge is 2.28. The van der Waals surface area contributed by atoms with Crippen molar-refractivity contribution in [2.75, 3.05) is 6.54 Å². The van der Waals surface area contributed by atoms with Gasteiger partial charge in [-0.3, -0.25) is 15.0 Å². The van der Waals surface area contributed by atoms with E-state index in [1.165, 1.54) is 6.07 Å². The van der Waals surface area contributed by atoms with Crippen LogP contribution in [0.15, 0.2) is 66.9 Å². The van der Waals surface area contributed by atoms with Crippen LogP contribution in [0.4, 0.5) is 5.69 Å². The van der Waals surface area contributed by atoms with E-state index in [4.69, 9.17) is 0 Å². The molecule has 3 aromatic rings. The summed E-state index contributed by atoms with van der Waals surface area (Å²) < 4.78 is 2.22. The first-order valence-electron chi connectivity index (χ1n) is 9.04. The van der Waals surface area contributed by atoms with Gasteiger partial charge in [0, 0.05) is 49.2 Å². The van der Waals surface area contributed by atoms with E-state index >= 15 is 0 Å². The van der Waals surface area contributed by atoms with Crippen molar-refractivity contribution in [1.82, 2.24) is 9.47 Å². The van der Waals surface area contributed by atoms with Crippen LogP contribution >= 0.6 is 0 Å². The smallest absolute Gasteiger partial charge is 0.269 e. The molecule has 1 aromatic heterocycles. The monoisotopic (exact) mass is 363 g/mol. The first-order valence-corrected chi connectivity index (χ1v) is 9.04. The van der Waals surface area contributed by atoms with Crippen LogP contribution in [0.1, 0.15) is 29.3 Å². The third-order valence-electron chi connectivity index (χ3n) is 5.12. The fourth-order valence-electron chi connectivity index (χ4n) is 3.86. The maximum absolute atomic E-state index is 11.3. The molecule has 0 amide bonds. The predicted octanol–water partition coefficient (Wildman–Crippen LogP) is 4.10. The van der Waals surface area contributed by atoms with Gasteiger partial charge in [0.15, 0.2) is 0 Å². The quantitative estimate of drug-likeness (QED) is 0.560. The lowest BCUT2D eigenvalue weighted by Gasteiger charge is -2.30. The van der Waals surface area contributed by atoms with Gasteiger partial charge in [0.2, 0.25) is 0 Å². The highest BCUT2D eigenvalue weighted by Crippen LogP contribution is 2.35. The van der Waals surface area contributed by atoms with Crippen molar-refractivity contribution in [2.45, 2.75) is 25.6 Å². The number of aryl methyl sites for hydroxylation is 1. The molecule has 0 unspecified atom stereocenters. The van der Waals surface area contributed by atoms with Crippen LogP contribution in [-0.4, -0.2) is 26.0 Å². The zero-order valence-electron chi connectivity index (χ0n) is 14.9. The number of para-hydroxylation sites is 1. The number of nitro benzene ring substituents is 1. The van der Waals surface area contributed by atoms with E-state index < -0.39 is 0 Å². The standard InChI is InChI=1S/C21H21N3O3/c25-20-10-2-1-6-17(20)15-23-13-5-12-22-11-4-9-19(22)21(23)16-7-3-8-18(14-16)24(26)27/h1-4,6-11,14,21,25H,5,12-13,15H2/t21-/m0/s1. The number of nitro groups is 1. The second kappa shape index (κ2) is 7.25. The number of aromatic hydroxyl groups is 1.